The molecule has 1 aliphatic carbocycles. The minimum Gasteiger partial charge on any atom is -0.463 e. The van der Waals surface area contributed by atoms with Crippen LogP contribution >= 0.6 is 0 Å². The van der Waals surface area contributed by atoms with Gasteiger partial charge in [0.15, 0.2) is 0 Å². The first-order valence-corrected chi connectivity index (χ1v) is 11.6. The Morgan fingerprint density at radius 3 is 2.66 bits per heavy atom. The van der Waals surface area contributed by atoms with Crippen LogP contribution in [0.3, 0.4) is 0 Å². The first-order valence-electron chi connectivity index (χ1n) is 11.6. The van der Waals surface area contributed by atoms with Gasteiger partial charge < -0.3 is 20.5 Å². The van der Waals surface area contributed by atoms with Gasteiger partial charge in [0, 0.05) is 12.8 Å². The summed E-state index contributed by atoms with van der Waals surface area (Å²) in [6.07, 6.45) is 9.05. The molecule has 1 aromatic rings. The number of carbonyl (C=O) groups is 3. The van der Waals surface area contributed by atoms with E-state index in [0.29, 0.717) is 25.7 Å². The second-order valence-electron chi connectivity index (χ2n) is 8.92. The van der Waals surface area contributed by atoms with Crippen LogP contribution in [-0.4, -0.2) is 47.7 Å². The molecule has 174 valence electrons. The van der Waals surface area contributed by atoms with E-state index in [-0.39, 0.29) is 37.4 Å². The second-order valence-corrected chi connectivity index (χ2v) is 8.92. The zero-order chi connectivity index (χ0) is 22.8. The smallest absolute Gasteiger partial charge is 0.306 e. The van der Waals surface area contributed by atoms with Crippen LogP contribution in [0.15, 0.2) is 42.5 Å². The number of rotatable bonds is 6. The number of allylic oxidation sites excluding steroid dienone is 2. The van der Waals surface area contributed by atoms with Crippen LogP contribution in [0.5, 0.6) is 0 Å². The minimum absolute atomic E-state index is 0.0390. The monoisotopic (exact) mass is 442 g/mol. The molecule has 1 fully saturated rings. The molecule has 1 aromatic carbocycles. The Morgan fingerprint density at radius 1 is 1.19 bits per heavy atom. The predicted molar refractivity (Wildman–Crippen MR) is 121 cm³/mol. The Hall–Kier alpha value is -2.67. The molecule has 0 aromatic heterocycles. The van der Waals surface area contributed by atoms with Crippen LogP contribution in [0.25, 0.3) is 0 Å². The topological polar surface area (TPSA) is 105 Å². The lowest BCUT2D eigenvalue weighted by Gasteiger charge is -2.32. The van der Waals surface area contributed by atoms with E-state index in [4.69, 9.17) is 4.74 Å². The molecule has 3 N–H and O–H groups in total. The van der Waals surface area contributed by atoms with Crippen molar-refractivity contribution in [1.29, 1.82) is 0 Å². The van der Waals surface area contributed by atoms with Crippen molar-refractivity contribution < 1.29 is 24.2 Å². The number of benzene rings is 1. The van der Waals surface area contributed by atoms with Gasteiger partial charge in [0.2, 0.25) is 11.8 Å². The standard InChI is InChI=1S/C25H34N2O5/c28-17-21(15-19-9-3-1-4-10-19)26-22(29)16-20-11-5-2-6-12-23(30)32-18-25(27-24(20)31)13-7-8-14-25/h1-5,9-10,20-21,28H,6-8,11-18H2,(H,26,29)(H,27,31)/t20-,21+/m1/s1. The summed E-state index contributed by atoms with van der Waals surface area (Å²) in [4.78, 5) is 37.8. The van der Waals surface area contributed by atoms with Crippen molar-refractivity contribution >= 4 is 17.8 Å². The zero-order valence-electron chi connectivity index (χ0n) is 18.6. The molecule has 1 spiro atoms. The van der Waals surface area contributed by atoms with Crippen molar-refractivity contribution in [2.45, 2.75) is 69.4 Å². The molecular weight excluding hydrogens is 408 g/mol. The van der Waals surface area contributed by atoms with E-state index in [0.717, 1.165) is 31.2 Å². The summed E-state index contributed by atoms with van der Waals surface area (Å²) >= 11 is 0. The molecule has 1 heterocycles. The van der Waals surface area contributed by atoms with Crippen molar-refractivity contribution in [2.75, 3.05) is 13.2 Å². The molecule has 7 heteroatoms. The molecular formula is C25H34N2O5. The highest BCUT2D eigenvalue weighted by atomic mass is 16.5. The maximum absolute atomic E-state index is 13.1. The lowest BCUT2D eigenvalue weighted by molar-refractivity contribution is -0.147. The van der Waals surface area contributed by atoms with Crippen LogP contribution < -0.4 is 10.6 Å². The highest BCUT2D eigenvalue weighted by Gasteiger charge is 2.38. The van der Waals surface area contributed by atoms with Gasteiger partial charge in [-0.05, 0) is 37.7 Å². The third kappa shape index (κ3) is 7.19. The van der Waals surface area contributed by atoms with E-state index in [1.807, 2.05) is 42.5 Å². The first kappa shape index (κ1) is 24.0. The van der Waals surface area contributed by atoms with E-state index < -0.39 is 17.5 Å². The van der Waals surface area contributed by atoms with Crippen molar-refractivity contribution in [2.24, 2.45) is 5.92 Å². The summed E-state index contributed by atoms with van der Waals surface area (Å²) in [5.74, 6) is -1.21. The van der Waals surface area contributed by atoms with E-state index in [1.54, 1.807) is 0 Å². The summed E-state index contributed by atoms with van der Waals surface area (Å²) in [7, 11) is 0. The zero-order valence-corrected chi connectivity index (χ0v) is 18.6. The number of amides is 2. The molecule has 2 amide bonds. The van der Waals surface area contributed by atoms with E-state index in [2.05, 4.69) is 10.6 Å². The molecule has 0 bridgehead atoms. The summed E-state index contributed by atoms with van der Waals surface area (Å²) in [6.45, 7) is 0.00967. The van der Waals surface area contributed by atoms with Gasteiger partial charge in [0.1, 0.15) is 6.61 Å². The molecule has 2 atom stereocenters. The van der Waals surface area contributed by atoms with Gasteiger partial charge in [-0.2, -0.15) is 0 Å². The van der Waals surface area contributed by atoms with Gasteiger partial charge in [-0.15, -0.1) is 0 Å². The third-order valence-corrected chi connectivity index (χ3v) is 6.27. The number of nitrogens with one attached hydrogen (secondary N) is 2. The third-order valence-electron chi connectivity index (χ3n) is 6.27. The Bertz CT molecular complexity index is 802. The van der Waals surface area contributed by atoms with Gasteiger partial charge in [0.05, 0.1) is 24.1 Å². The summed E-state index contributed by atoms with van der Waals surface area (Å²) < 4.78 is 5.45. The van der Waals surface area contributed by atoms with Crippen LogP contribution in [0.4, 0.5) is 0 Å². The van der Waals surface area contributed by atoms with E-state index in [1.165, 1.54) is 0 Å². The first-order chi connectivity index (χ1) is 15.5. The molecule has 1 saturated carbocycles. The van der Waals surface area contributed by atoms with Gasteiger partial charge in [0.25, 0.3) is 0 Å². The molecule has 0 unspecified atom stereocenters. The highest BCUT2D eigenvalue weighted by Crippen LogP contribution is 2.31. The molecule has 3 rings (SSSR count). The van der Waals surface area contributed by atoms with Crippen molar-refractivity contribution in [3.05, 3.63) is 48.0 Å². The van der Waals surface area contributed by atoms with Gasteiger partial charge in [-0.3, -0.25) is 14.4 Å². The second kappa shape index (κ2) is 11.8. The highest BCUT2D eigenvalue weighted by molar-refractivity contribution is 5.86. The SMILES string of the molecule is O=C(C[C@H]1CC=CCCC(=O)OCC2(CCCC2)NC1=O)N[C@H](CO)Cc1ccccc1. The van der Waals surface area contributed by atoms with Crippen LogP contribution in [0.1, 0.15) is 56.9 Å². The van der Waals surface area contributed by atoms with E-state index >= 15 is 0 Å². The lowest BCUT2D eigenvalue weighted by Crippen LogP contribution is -2.52. The predicted octanol–water partition coefficient (Wildman–Crippen LogP) is 2.42. The molecule has 7 nitrogen and oxygen atoms in total. The Labute approximate surface area is 189 Å². The number of carbonyl (C=O) groups excluding carboxylic acids is 3. The minimum atomic E-state index is -0.536. The largest absolute Gasteiger partial charge is 0.463 e. The molecule has 0 radical (unpaired) electrons. The number of hydrogen-bond donors (Lipinski definition) is 3. The number of ether oxygens (including phenoxy) is 1. The Kier molecular flexibility index (Phi) is 8.85. The maximum atomic E-state index is 13.1. The van der Waals surface area contributed by atoms with Crippen molar-refractivity contribution in [3.63, 3.8) is 0 Å². The number of hydrogen-bond acceptors (Lipinski definition) is 5. The van der Waals surface area contributed by atoms with Crippen LogP contribution in [0.2, 0.25) is 0 Å². The van der Waals surface area contributed by atoms with Crippen molar-refractivity contribution in [3.8, 4) is 0 Å². The average molecular weight is 443 g/mol. The fraction of sp³-hybridized carbons (Fsp3) is 0.560. The normalized spacial score (nSPS) is 22.3. The molecule has 0 saturated heterocycles. The van der Waals surface area contributed by atoms with E-state index in [9.17, 15) is 19.5 Å². The maximum Gasteiger partial charge on any atom is 0.306 e. The molecule has 2 aliphatic rings. The quantitative estimate of drug-likeness (QED) is 0.464. The van der Waals surface area contributed by atoms with Gasteiger partial charge in [-0.1, -0.05) is 55.3 Å². The number of cyclic esters (lactones) is 1. The fourth-order valence-electron chi connectivity index (χ4n) is 4.44. The number of esters is 1. The number of aliphatic hydroxyl groups excluding tert-OH is 1. The molecule has 32 heavy (non-hydrogen) atoms. The van der Waals surface area contributed by atoms with Crippen LogP contribution in [0, 0.1) is 5.92 Å². The summed E-state index contributed by atoms with van der Waals surface area (Å²) in [6, 6.07) is 9.26. The number of aliphatic hydroxyl groups is 1. The Balaban J connectivity index is 1.64. The fourth-order valence-corrected chi connectivity index (χ4v) is 4.44. The summed E-state index contributed by atoms with van der Waals surface area (Å²) in [5, 5.41) is 15.7. The van der Waals surface area contributed by atoms with Crippen molar-refractivity contribution in [1.82, 2.24) is 10.6 Å². The van der Waals surface area contributed by atoms with Gasteiger partial charge in [-0.25, -0.2) is 0 Å². The van der Waals surface area contributed by atoms with Crippen LogP contribution in [-0.2, 0) is 25.5 Å². The average Bonchev–Trinajstić information content (AvgIpc) is 3.24. The molecule has 1 aliphatic heterocycles. The van der Waals surface area contributed by atoms with Gasteiger partial charge >= 0.3 is 5.97 Å². The lowest BCUT2D eigenvalue weighted by atomic mass is 9.93. The summed E-state index contributed by atoms with van der Waals surface area (Å²) in [5.41, 5.74) is 0.488. The Morgan fingerprint density at radius 2 is 1.94 bits per heavy atom.